The maximum Gasteiger partial charge on any atom is 0.272 e. The summed E-state index contributed by atoms with van der Waals surface area (Å²) in [4.78, 5) is 12.3. The Morgan fingerprint density at radius 1 is 1.15 bits per heavy atom. The van der Waals surface area contributed by atoms with Crippen LogP contribution in [0.1, 0.15) is 55.4 Å². The topological polar surface area (TPSA) is 46.4 Å². The van der Waals surface area contributed by atoms with Crippen molar-refractivity contribution < 1.29 is 4.79 Å². The molecule has 0 aromatic carbocycles. The molecular weight excluding hydrogens is 250 g/mol. The lowest BCUT2D eigenvalue weighted by molar-refractivity contribution is 0.0925. The highest BCUT2D eigenvalue weighted by Gasteiger charge is 2.17. The second-order valence-electron chi connectivity index (χ2n) is 5.62. The van der Waals surface area contributed by atoms with Crippen LogP contribution in [-0.2, 0) is 0 Å². The molecule has 2 aromatic heterocycles. The standard InChI is InChI=1S/C16H21N3O/c20-16(17-13-8-4-2-1-3-5-9-13)15-12-14-10-6-7-11-19(14)18-15/h6-7,10-13H,1-5,8-9H2,(H,17,20). The molecular formula is C16H21N3O. The van der Waals surface area contributed by atoms with Crippen LogP contribution in [0.25, 0.3) is 5.52 Å². The van der Waals surface area contributed by atoms with Crippen molar-refractivity contribution in [1.82, 2.24) is 14.9 Å². The van der Waals surface area contributed by atoms with Gasteiger partial charge in [0.2, 0.25) is 0 Å². The lowest BCUT2D eigenvalue weighted by Crippen LogP contribution is -2.35. The van der Waals surface area contributed by atoms with Crippen LogP contribution in [0.3, 0.4) is 0 Å². The highest BCUT2D eigenvalue weighted by molar-refractivity contribution is 5.93. The number of carbonyl (C=O) groups excluding carboxylic acids is 1. The average Bonchev–Trinajstić information content (AvgIpc) is 2.85. The second kappa shape index (κ2) is 6.07. The second-order valence-corrected chi connectivity index (χ2v) is 5.62. The maximum atomic E-state index is 12.3. The summed E-state index contributed by atoms with van der Waals surface area (Å²) in [6.07, 6.45) is 10.4. The van der Waals surface area contributed by atoms with Crippen molar-refractivity contribution in [2.24, 2.45) is 0 Å². The molecule has 20 heavy (non-hydrogen) atoms. The van der Waals surface area contributed by atoms with Gasteiger partial charge in [0, 0.05) is 12.2 Å². The zero-order valence-corrected chi connectivity index (χ0v) is 11.7. The van der Waals surface area contributed by atoms with Crippen LogP contribution >= 0.6 is 0 Å². The molecule has 2 aromatic rings. The molecule has 0 bridgehead atoms. The van der Waals surface area contributed by atoms with Crippen molar-refractivity contribution in [1.29, 1.82) is 0 Å². The number of aromatic nitrogens is 2. The zero-order valence-electron chi connectivity index (χ0n) is 11.7. The van der Waals surface area contributed by atoms with E-state index in [4.69, 9.17) is 0 Å². The molecule has 2 heterocycles. The molecule has 0 spiro atoms. The van der Waals surface area contributed by atoms with Crippen LogP contribution in [0, 0.1) is 0 Å². The number of carbonyl (C=O) groups is 1. The Bertz CT molecular complexity index is 549. The van der Waals surface area contributed by atoms with Gasteiger partial charge < -0.3 is 5.32 Å². The van der Waals surface area contributed by atoms with E-state index in [-0.39, 0.29) is 5.91 Å². The first-order chi connectivity index (χ1) is 9.83. The molecule has 1 saturated carbocycles. The molecule has 1 aliphatic carbocycles. The predicted octanol–water partition coefficient (Wildman–Crippen LogP) is 3.18. The third kappa shape index (κ3) is 3.00. The summed E-state index contributed by atoms with van der Waals surface area (Å²) in [7, 11) is 0. The van der Waals surface area contributed by atoms with Crippen molar-refractivity contribution in [2.45, 2.75) is 51.0 Å². The summed E-state index contributed by atoms with van der Waals surface area (Å²) in [5.41, 5.74) is 1.47. The number of pyridine rings is 1. The van der Waals surface area contributed by atoms with Gasteiger partial charge in [-0.1, -0.05) is 38.2 Å². The van der Waals surface area contributed by atoms with E-state index in [9.17, 15) is 4.79 Å². The van der Waals surface area contributed by atoms with E-state index in [0.717, 1.165) is 18.4 Å². The molecule has 0 aliphatic heterocycles. The number of hydrogen-bond donors (Lipinski definition) is 1. The van der Waals surface area contributed by atoms with Crippen LogP contribution in [0.15, 0.2) is 30.5 Å². The van der Waals surface area contributed by atoms with Crippen molar-refractivity contribution in [3.63, 3.8) is 0 Å². The fourth-order valence-electron chi connectivity index (χ4n) is 2.91. The lowest BCUT2D eigenvalue weighted by Gasteiger charge is -2.20. The van der Waals surface area contributed by atoms with E-state index in [0.29, 0.717) is 11.7 Å². The number of amides is 1. The van der Waals surface area contributed by atoms with E-state index in [2.05, 4.69) is 10.4 Å². The maximum absolute atomic E-state index is 12.3. The van der Waals surface area contributed by atoms with Gasteiger partial charge >= 0.3 is 0 Å². The quantitative estimate of drug-likeness (QED) is 0.912. The van der Waals surface area contributed by atoms with Gasteiger partial charge in [-0.15, -0.1) is 0 Å². The Morgan fingerprint density at radius 2 is 1.90 bits per heavy atom. The summed E-state index contributed by atoms with van der Waals surface area (Å²) < 4.78 is 1.74. The van der Waals surface area contributed by atoms with E-state index in [1.165, 1.54) is 32.1 Å². The predicted molar refractivity (Wildman–Crippen MR) is 78.8 cm³/mol. The Kier molecular flexibility index (Phi) is 4.00. The normalized spacial score (nSPS) is 17.6. The number of nitrogens with one attached hydrogen (secondary N) is 1. The molecule has 3 rings (SSSR count). The van der Waals surface area contributed by atoms with Crippen LogP contribution in [0.5, 0.6) is 0 Å². The van der Waals surface area contributed by atoms with Gasteiger partial charge in [0.15, 0.2) is 5.69 Å². The van der Waals surface area contributed by atoms with E-state index < -0.39 is 0 Å². The Balaban J connectivity index is 1.68. The first-order valence-electron chi connectivity index (χ1n) is 7.58. The minimum Gasteiger partial charge on any atom is -0.348 e. The first-order valence-corrected chi connectivity index (χ1v) is 7.58. The summed E-state index contributed by atoms with van der Waals surface area (Å²) >= 11 is 0. The minimum atomic E-state index is -0.0423. The minimum absolute atomic E-state index is 0.0423. The molecule has 1 N–H and O–H groups in total. The molecule has 0 radical (unpaired) electrons. The molecule has 4 heteroatoms. The van der Waals surface area contributed by atoms with Crippen molar-refractivity contribution in [2.75, 3.05) is 0 Å². The molecule has 1 fully saturated rings. The summed E-state index contributed by atoms with van der Waals surface area (Å²) in [6.45, 7) is 0. The highest BCUT2D eigenvalue weighted by atomic mass is 16.2. The Labute approximate surface area is 119 Å². The highest BCUT2D eigenvalue weighted by Crippen LogP contribution is 2.17. The SMILES string of the molecule is O=C(NC1CCCCCCC1)c1cc2ccccn2n1. The third-order valence-corrected chi connectivity index (χ3v) is 4.04. The number of nitrogens with zero attached hydrogens (tertiary/aromatic N) is 2. The molecule has 0 atom stereocenters. The fraction of sp³-hybridized carbons (Fsp3) is 0.500. The van der Waals surface area contributed by atoms with Gasteiger partial charge in [-0.05, 0) is 31.0 Å². The van der Waals surface area contributed by atoms with Crippen LogP contribution < -0.4 is 5.32 Å². The molecule has 1 aliphatic rings. The number of rotatable bonds is 2. The van der Waals surface area contributed by atoms with E-state index >= 15 is 0 Å². The smallest absolute Gasteiger partial charge is 0.272 e. The van der Waals surface area contributed by atoms with Crippen molar-refractivity contribution in [3.05, 3.63) is 36.2 Å². The average molecular weight is 271 g/mol. The zero-order chi connectivity index (χ0) is 13.8. The molecule has 0 saturated heterocycles. The van der Waals surface area contributed by atoms with E-state index in [1.807, 2.05) is 30.5 Å². The van der Waals surface area contributed by atoms with Gasteiger partial charge in [0.05, 0.1) is 5.52 Å². The summed E-state index contributed by atoms with van der Waals surface area (Å²) in [5, 5.41) is 7.47. The van der Waals surface area contributed by atoms with Gasteiger partial charge in [0.1, 0.15) is 0 Å². The number of fused-ring (bicyclic) bond motifs is 1. The monoisotopic (exact) mass is 271 g/mol. The number of hydrogen-bond acceptors (Lipinski definition) is 2. The van der Waals surface area contributed by atoms with Crippen LogP contribution in [0.4, 0.5) is 0 Å². The van der Waals surface area contributed by atoms with Crippen molar-refractivity contribution >= 4 is 11.4 Å². The van der Waals surface area contributed by atoms with Gasteiger partial charge in [-0.25, -0.2) is 4.52 Å². The lowest BCUT2D eigenvalue weighted by atomic mass is 9.96. The largest absolute Gasteiger partial charge is 0.348 e. The molecule has 0 unspecified atom stereocenters. The van der Waals surface area contributed by atoms with Gasteiger partial charge in [-0.3, -0.25) is 4.79 Å². The Hall–Kier alpha value is -1.84. The van der Waals surface area contributed by atoms with E-state index in [1.54, 1.807) is 4.52 Å². The molecule has 1 amide bonds. The fourth-order valence-corrected chi connectivity index (χ4v) is 2.91. The van der Waals surface area contributed by atoms with Crippen molar-refractivity contribution in [3.8, 4) is 0 Å². The van der Waals surface area contributed by atoms with Gasteiger partial charge in [0.25, 0.3) is 5.91 Å². The first kappa shape index (κ1) is 13.2. The van der Waals surface area contributed by atoms with Crippen LogP contribution in [-0.4, -0.2) is 21.6 Å². The summed E-state index contributed by atoms with van der Waals surface area (Å²) in [6, 6.07) is 7.98. The Morgan fingerprint density at radius 3 is 2.65 bits per heavy atom. The van der Waals surface area contributed by atoms with Crippen LogP contribution in [0.2, 0.25) is 0 Å². The molecule has 4 nitrogen and oxygen atoms in total. The molecule has 106 valence electrons. The van der Waals surface area contributed by atoms with Gasteiger partial charge in [-0.2, -0.15) is 5.10 Å². The third-order valence-electron chi connectivity index (χ3n) is 4.04. The summed E-state index contributed by atoms with van der Waals surface area (Å²) in [5.74, 6) is -0.0423.